The first-order valence-corrected chi connectivity index (χ1v) is 7.25. The predicted octanol–water partition coefficient (Wildman–Crippen LogP) is 4.77. The first kappa shape index (κ1) is 13.7. The van der Waals surface area contributed by atoms with Crippen LogP contribution in [-0.4, -0.2) is 0 Å². The minimum absolute atomic E-state index is 0.692. The zero-order valence-electron chi connectivity index (χ0n) is 11.4. The summed E-state index contributed by atoms with van der Waals surface area (Å²) in [6.45, 7) is 0. The minimum Gasteiger partial charge on any atom is -0.453 e. The van der Waals surface area contributed by atoms with Crippen molar-refractivity contribution in [2.24, 2.45) is 0 Å². The number of hydrogen-bond donors (Lipinski definition) is 0. The summed E-state index contributed by atoms with van der Waals surface area (Å²) in [5.41, 5.74) is 0. The smallest absolute Gasteiger partial charge is 0.177 e. The van der Waals surface area contributed by atoms with E-state index in [0.29, 0.717) is 11.5 Å². The molecular formula is C18H15O2P. The molecule has 21 heavy (non-hydrogen) atoms. The zero-order valence-corrected chi connectivity index (χ0v) is 12.6. The van der Waals surface area contributed by atoms with Gasteiger partial charge < -0.3 is 9.47 Å². The molecule has 0 aliphatic carbocycles. The van der Waals surface area contributed by atoms with Crippen LogP contribution < -0.4 is 14.8 Å². The van der Waals surface area contributed by atoms with Crippen LogP contribution in [0.4, 0.5) is 0 Å². The van der Waals surface area contributed by atoms with Crippen LogP contribution in [-0.2, 0) is 0 Å². The average Bonchev–Trinajstić information content (AvgIpc) is 2.53. The first-order valence-electron chi connectivity index (χ1n) is 6.67. The molecule has 0 aromatic heterocycles. The summed E-state index contributed by atoms with van der Waals surface area (Å²) >= 11 is 0. The highest BCUT2D eigenvalue weighted by atomic mass is 31.0. The fourth-order valence-corrected chi connectivity index (χ4v) is 2.26. The molecule has 0 radical (unpaired) electrons. The molecular weight excluding hydrogens is 279 g/mol. The van der Waals surface area contributed by atoms with Gasteiger partial charge in [-0.3, -0.25) is 0 Å². The second-order valence-electron chi connectivity index (χ2n) is 4.50. The molecule has 0 heterocycles. The molecule has 0 aliphatic rings. The van der Waals surface area contributed by atoms with Gasteiger partial charge >= 0.3 is 0 Å². The van der Waals surface area contributed by atoms with Crippen LogP contribution in [0.25, 0.3) is 0 Å². The van der Waals surface area contributed by atoms with E-state index in [1.165, 1.54) is 0 Å². The van der Waals surface area contributed by atoms with E-state index in [1.807, 2.05) is 78.9 Å². The van der Waals surface area contributed by atoms with Gasteiger partial charge in [-0.15, -0.1) is 9.24 Å². The van der Waals surface area contributed by atoms with Gasteiger partial charge in [0.05, 0.1) is 0 Å². The van der Waals surface area contributed by atoms with Crippen molar-refractivity contribution in [1.82, 2.24) is 0 Å². The van der Waals surface area contributed by atoms with Crippen LogP contribution in [0.3, 0.4) is 0 Å². The Balaban J connectivity index is 1.92. The van der Waals surface area contributed by atoms with Crippen LogP contribution >= 0.6 is 9.24 Å². The van der Waals surface area contributed by atoms with Gasteiger partial charge in [-0.05, 0) is 30.3 Å². The number of para-hydroxylation sites is 3. The molecule has 3 rings (SSSR count). The highest BCUT2D eigenvalue weighted by Gasteiger charge is 2.10. The van der Waals surface area contributed by atoms with Crippen LogP contribution in [0.5, 0.6) is 23.0 Å². The van der Waals surface area contributed by atoms with Crippen molar-refractivity contribution in [2.45, 2.75) is 0 Å². The molecule has 1 atom stereocenters. The second-order valence-corrected chi connectivity index (χ2v) is 5.13. The lowest BCUT2D eigenvalue weighted by molar-refractivity contribution is 0.421. The molecule has 0 saturated heterocycles. The van der Waals surface area contributed by atoms with E-state index in [1.54, 1.807) is 0 Å². The van der Waals surface area contributed by atoms with Gasteiger partial charge in [0, 0.05) is 5.30 Å². The Morgan fingerprint density at radius 2 is 1.14 bits per heavy atom. The summed E-state index contributed by atoms with van der Waals surface area (Å²) in [7, 11) is 2.68. The maximum atomic E-state index is 5.97. The number of ether oxygens (including phenoxy) is 2. The zero-order chi connectivity index (χ0) is 14.5. The number of rotatable bonds is 4. The monoisotopic (exact) mass is 294 g/mol. The van der Waals surface area contributed by atoms with Gasteiger partial charge in [-0.25, -0.2) is 0 Å². The standard InChI is InChI=1S/C18H15O2P/c21-17-13-7-12-16(19-14-8-3-1-4-9-14)18(17)20-15-10-5-2-6-11-15/h1-13H,21H2. The molecule has 2 nitrogen and oxygen atoms in total. The van der Waals surface area contributed by atoms with E-state index in [2.05, 4.69) is 9.24 Å². The lowest BCUT2D eigenvalue weighted by atomic mass is 10.3. The summed E-state index contributed by atoms with van der Waals surface area (Å²) in [6, 6.07) is 25.2. The highest BCUT2D eigenvalue weighted by Crippen LogP contribution is 2.34. The minimum atomic E-state index is 0.692. The Labute approximate surface area is 126 Å². The topological polar surface area (TPSA) is 18.5 Å². The number of hydrogen-bond acceptors (Lipinski definition) is 2. The van der Waals surface area contributed by atoms with E-state index in [-0.39, 0.29) is 0 Å². The summed E-state index contributed by atoms with van der Waals surface area (Å²) in [6.07, 6.45) is 0. The van der Waals surface area contributed by atoms with Crippen LogP contribution in [0.1, 0.15) is 0 Å². The van der Waals surface area contributed by atoms with Crippen molar-refractivity contribution in [3.05, 3.63) is 78.9 Å². The van der Waals surface area contributed by atoms with E-state index in [0.717, 1.165) is 16.8 Å². The average molecular weight is 294 g/mol. The highest BCUT2D eigenvalue weighted by molar-refractivity contribution is 7.27. The van der Waals surface area contributed by atoms with E-state index in [4.69, 9.17) is 9.47 Å². The lowest BCUT2D eigenvalue weighted by Crippen LogP contribution is -2.00. The Morgan fingerprint density at radius 3 is 1.76 bits per heavy atom. The van der Waals surface area contributed by atoms with Gasteiger partial charge in [0.1, 0.15) is 11.5 Å². The second kappa shape index (κ2) is 6.43. The fraction of sp³-hybridized carbons (Fsp3) is 0. The summed E-state index contributed by atoms with van der Waals surface area (Å²) in [4.78, 5) is 0. The normalized spacial score (nSPS) is 10.1. The van der Waals surface area contributed by atoms with Crippen molar-refractivity contribution >= 4 is 14.5 Å². The summed E-state index contributed by atoms with van der Waals surface area (Å²) < 4.78 is 11.9. The molecule has 1 unspecified atom stereocenters. The third-order valence-corrected chi connectivity index (χ3v) is 3.40. The maximum Gasteiger partial charge on any atom is 0.177 e. The molecule has 0 N–H and O–H groups in total. The van der Waals surface area contributed by atoms with Crippen molar-refractivity contribution in [3.63, 3.8) is 0 Å². The van der Waals surface area contributed by atoms with Crippen LogP contribution in [0, 0.1) is 0 Å². The largest absolute Gasteiger partial charge is 0.453 e. The Kier molecular flexibility index (Phi) is 4.18. The van der Waals surface area contributed by atoms with Gasteiger partial charge in [0.15, 0.2) is 11.5 Å². The van der Waals surface area contributed by atoms with E-state index >= 15 is 0 Å². The van der Waals surface area contributed by atoms with Crippen molar-refractivity contribution < 1.29 is 9.47 Å². The third-order valence-electron chi connectivity index (χ3n) is 2.94. The molecule has 3 aromatic rings. The van der Waals surface area contributed by atoms with Gasteiger partial charge in [0.2, 0.25) is 0 Å². The number of benzene rings is 3. The Hall–Kier alpha value is -2.31. The third kappa shape index (κ3) is 3.42. The van der Waals surface area contributed by atoms with Gasteiger partial charge in [-0.1, -0.05) is 48.5 Å². The van der Waals surface area contributed by atoms with Crippen molar-refractivity contribution in [1.29, 1.82) is 0 Å². The first-order chi connectivity index (χ1) is 10.3. The van der Waals surface area contributed by atoms with Crippen LogP contribution in [0.15, 0.2) is 78.9 Å². The lowest BCUT2D eigenvalue weighted by Gasteiger charge is -2.14. The van der Waals surface area contributed by atoms with Crippen LogP contribution in [0.2, 0.25) is 0 Å². The molecule has 0 aliphatic heterocycles. The molecule has 3 heteroatoms. The summed E-state index contributed by atoms with van der Waals surface area (Å²) in [5.74, 6) is 2.96. The van der Waals surface area contributed by atoms with E-state index in [9.17, 15) is 0 Å². The predicted molar refractivity (Wildman–Crippen MR) is 88.8 cm³/mol. The van der Waals surface area contributed by atoms with Gasteiger partial charge in [0.25, 0.3) is 0 Å². The quantitative estimate of drug-likeness (QED) is 0.645. The fourth-order valence-electron chi connectivity index (χ4n) is 1.94. The Bertz CT molecular complexity index is 712. The van der Waals surface area contributed by atoms with Crippen molar-refractivity contribution in [3.8, 4) is 23.0 Å². The Morgan fingerprint density at radius 1 is 0.571 bits per heavy atom. The molecule has 0 saturated carbocycles. The molecule has 0 fully saturated rings. The SMILES string of the molecule is Pc1cccc(Oc2ccccc2)c1Oc1ccccc1. The molecule has 3 aromatic carbocycles. The molecule has 0 bridgehead atoms. The van der Waals surface area contributed by atoms with E-state index < -0.39 is 0 Å². The van der Waals surface area contributed by atoms with Crippen molar-refractivity contribution in [2.75, 3.05) is 0 Å². The van der Waals surface area contributed by atoms with Gasteiger partial charge in [-0.2, -0.15) is 0 Å². The molecule has 0 amide bonds. The maximum absolute atomic E-state index is 5.97. The molecule has 104 valence electrons. The summed E-state index contributed by atoms with van der Waals surface area (Å²) in [5, 5.41) is 0.951. The molecule has 0 spiro atoms.